The number of allylic oxidation sites excluding steroid dienone is 4. The highest BCUT2D eigenvalue weighted by atomic mass is 35.5. The molecule has 12 heavy (non-hydrogen) atoms. The van der Waals surface area contributed by atoms with Gasteiger partial charge >= 0.3 is 0 Å². The predicted molar refractivity (Wildman–Crippen MR) is 55.6 cm³/mol. The molecule has 0 saturated heterocycles. The summed E-state index contributed by atoms with van der Waals surface area (Å²) in [7, 11) is 0. The van der Waals surface area contributed by atoms with Crippen molar-refractivity contribution in [2.24, 2.45) is 5.41 Å². The molecule has 0 saturated carbocycles. The zero-order valence-corrected chi connectivity index (χ0v) is 8.86. The van der Waals surface area contributed by atoms with Crippen molar-refractivity contribution in [1.29, 1.82) is 0 Å². The van der Waals surface area contributed by atoms with Crippen LogP contribution in [0, 0.1) is 5.41 Å². The Morgan fingerprint density at radius 2 is 2.33 bits per heavy atom. The third-order valence-corrected chi connectivity index (χ3v) is 3.40. The molecule has 0 unspecified atom stereocenters. The van der Waals surface area contributed by atoms with Crippen molar-refractivity contribution >= 4 is 11.6 Å². The molecule has 1 heteroatoms. The maximum Gasteiger partial charge on any atom is 0.0424 e. The number of hydrogen-bond donors (Lipinski definition) is 0. The zero-order chi connectivity index (χ0) is 9.19. The van der Waals surface area contributed by atoms with E-state index >= 15 is 0 Å². The van der Waals surface area contributed by atoms with Crippen molar-refractivity contribution in [3.63, 3.8) is 0 Å². The molecule has 0 spiro atoms. The van der Waals surface area contributed by atoms with E-state index in [4.69, 9.17) is 11.6 Å². The number of hydrogen-bond acceptors (Lipinski definition) is 0. The minimum Gasteiger partial charge on any atom is -0.122 e. The molecular formula is C11H17Cl. The van der Waals surface area contributed by atoms with E-state index in [0.29, 0.717) is 0 Å². The minimum absolute atomic E-state index is 0.176. The second kappa shape index (κ2) is 3.66. The monoisotopic (exact) mass is 184 g/mol. The highest BCUT2D eigenvalue weighted by molar-refractivity contribution is 6.21. The van der Waals surface area contributed by atoms with Gasteiger partial charge in [0.2, 0.25) is 0 Å². The molecule has 0 fully saturated rings. The summed E-state index contributed by atoms with van der Waals surface area (Å²) in [6.07, 6.45) is 8.67. The van der Waals surface area contributed by atoms with Crippen LogP contribution in [0.4, 0.5) is 0 Å². The molecular weight excluding hydrogens is 168 g/mol. The van der Waals surface area contributed by atoms with Gasteiger partial charge in [0.15, 0.2) is 0 Å². The number of alkyl halides is 1. The molecule has 0 aliphatic heterocycles. The lowest BCUT2D eigenvalue weighted by molar-refractivity contribution is 0.387. The molecule has 0 aromatic heterocycles. The first-order chi connectivity index (χ1) is 5.58. The van der Waals surface area contributed by atoms with E-state index in [9.17, 15) is 0 Å². The maximum absolute atomic E-state index is 6.27. The summed E-state index contributed by atoms with van der Waals surface area (Å²) < 4.78 is 0. The summed E-state index contributed by atoms with van der Waals surface area (Å²) >= 11 is 6.27. The Kier molecular flexibility index (Phi) is 3.00. The highest BCUT2D eigenvalue weighted by Crippen LogP contribution is 2.38. The van der Waals surface area contributed by atoms with Crippen LogP contribution in [0.2, 0.25) is 0 Å². The Morgan fingerprint density at radius 3 is 2.83 bits per heavy atom. The quantitative estimate of drug-likeness (QED) is 0.571. The third kappa shape index (κ3) is 1.92. The number of rotatable bonds is 2. The van der Waals surface area contributed by atoms with Crippen LogP contribution < -0.4 is 0 Å². The van der Waals surface area contributed by atoms with Crippen LogP contribution in [0.25, 0.3) is 0 Å². The van der Waals surface area contributed by atoms with Crippen molar-refractivity contribution in [3.05, 3.63) is 23.8 Å². The van der Waals surface area contributed by atoms with E-state index < -0.39 is 0 Å². The summed E-state index contributed by atoms with van der Waals surface area (Å²) in [6.45, 7) is 6.55. The van der Waals surface area contributed by atoms with Crippen LogP contribution in [-0.4, -0.2) is 5.38 Å². The zero-order valence-electron chi connectivity index (χ0n) is 8.10. The lowest BCUT2D eigenvalue weighted by Gasteiger charge is -2.32. The predicted octanol–water partition coefficient (Wildman–Crippen LogP) is 3.92. The van der Waals surface area contributed by atoms with Crippen LogP contribution in [0.1, 0.15) is 33.6 Å². The van der Waals surface area contributed by atoms with Gasteiger partial charge in [0.1, 0.15) is 0 Å². The van der Waals surface area contributed by atoms with Gasteiger partial charge in [-0.2, -0.15) is 0 Å². The van der Waals surface area contributed by atoms with Crippen molar-refractivity contribution in [2.75, 3.05) is 0 Å². The Bertz CT molecular complexity index is 215. The van der Waals surface area contributed by atoms with E-state index in [1.54, 1.807) is 0 Å². The molecule has 0 aromatic carbocycles. The molecule has 0 N–H and O–H groups in total. The standard InChI is InChI=1S/C11H17Cl/c1-4-10(12)11(3)7-5-6-9(2)8-11/h5-7,10H,4,8H2,1-3H3/t10-,11-/m0/s1. The minimum atomic E-state index is 0.176. The smallest absolute Gasteiger partial charge is 0.0424 e. The normalized spacial score (nSPS) is 31.5. The summed E-state index contributed by atoms with van der Waals surface area (Å²) in [5, 5.41) is 0.261. The molecule has 0 radical (unpaired) electrons. The first-order valence-corrected chi connectivity index (χ1v) is 5.01. The average molecular weight is 185 g/mol. The molecule has 0 heterocycles. The molecule has 0 bridgehead atoms. The SMILES string of the molecule is CC[C@H](Cl)[C@@]1(C)C=CC=C(C)C1. The molecule has 1 aliphatic carbocycles. The first-order valence-electron chi connectivity index (χ1n) is 4.57. The lowest BCUT2D eigenvalue weighted by atomic mass is 9.77. The highest BCUT2D eigenvalue weighted by Gasteiger charge is 2.30. The average Bonchev–Trinajstić information content (AvgIpc) is 2.02. The largest absolute Gasteiger partial charge is 0.122 e. The fraction of sp³-hybridized carbons (Fsp3) is 0.636. The van der Waals surface area contributed by atoms with E-state index in [-0.39, 0.29) is 10.8 Å². The van der Waals surface area contributed by atoms with Crippen molar-refractivity contribution in [3.8, 4) is 0 Å². The van der Waals surface area contributed by atoms with Gasteiger partial charge in [-0.15, -0.1) is 11.6 Å². The molecule has 0 aromatic rings. The molecule has 2 atom stereocenters. The molecule has 1 rings (SSSR count). The Labute approximate surface area is 80.3 Å². The van der Waals surface area contributed by atoms with E-state index in [2.05, 4.69) is 39.0 Å². The van der Waals surface area contributed by atoms with Crippen LogP contribution in [-0.2, 0) is 0 Å². The van der Waals surface area contributed by atoms with Gasteiger partial charge in [-0.1, -0.05) is 37.6 Å². The van der Waals surface area contributed by atoms with Crippen LogP contribution in [0.3, 0.4) is 0 Å². The van der Waals surface area contributed by atoms with Gasteiger partial charge in [0, 0.05) is 10.8 Å². The molecule has 0 amide bonds. The van der Waals surface area contributed by atoms with E-state index in [0.717, 1.165) is 12.8 Å². The van der Waals surface area contributed by atoms with Crippen LogP contribution >= 0.6 is 11.6 Å². The van der Waals surface area contributed by atoms with Crippen molar-refractivity contribution < 1.29 is 0 Å². The van der Waals surface area contributed by atoms with Gasteiger partial charge < -0.3 is 0 Å². The fourth-order valence-electron chi connectivity index (χ4n) is 1.83. The second-order valence-corrected chi connectivity index (χ2v) is 4.46. The van der Waals surface area contributed by atoms with Crippen molar-refractivity contribution in [2.45, 2.75) is 39.0 Å². The van der Waals surface area contributed by atoms with Gasteiger partial charge in [-0.25, -0.2) is 0 Å². The Hall–Kier alpha value is -0.230. The topological polar surface area (TPSA) is 0 Å². The molecule has 1 aliphatic rings. The van der Waals surface area contributed by atoms with E-state index in [1.807, 2.05) is 0 Å². The maximum atomic E-state index is 6.27. The Balaban J connectivity index is 2.75. The van der Waals surface area contributed by atoms with Crippen molar-refractivity contribution in [1.82, 2.24) is 0 Å². The van der Waals surface area contributed by atoms with Crippen LogP contribution in [0.5, 0.6) is 0 Å². The first kappa shape index (κ1) is 9.85. The Morgan fingerprint density at radius 1 is 1.67 bits per heavy atom. The number of halogens is 1. The summed E-state index contributed by atoms with van der Waals surface area (Å²) in [6, 6.07) is 0. The lowest BCUT2D eigenvalue weighted by Crippen LogP contribution is -2.27. The van der Waals surface area contributed by atoms with Gasteiger partial charge in [0.25, 0.3) is 0 Å². The van der Waals surface area contributed by atoms with E-state index in [1.165, 1.54) is 5.57 Å². The summed E-state index contributed by atoms with van der Waals surface area (Å²) in [5.41, 5.74) is 1.61. The van der Waals surface area contributed by atoms with Gasteiger partial charge in [0.05, 0.1) is 0 Å². The molecule has 68 valence electrons. The fourth-order valence-corrected chi connectivity index (χ4v) is 1.98. The summed E-state index contributed by atoms with van der Waals surface area (Å²) in [4.78, 5) is 0. The van der Waals surface area contributed by atoms with Gasteiger partial charge in [-0.3, -0.25) is 0 Å². The molecule has 0 nitrogen and oxygen atoms in total. The van der Waals surface area contributed by atoms with Gasteiger partial charge in [-0.05, 0) is 19.8 Å². The second-order valence-electron chi connectivity index (χ2n) is 3.93. The van der Waals surface area contributed by atoms with Crippen LogP contribution in [0.15, 0.2) is 23.8 Å². The third-order valence-electron chi connectivity index (χ3n) is 2.59. The summed E-state index contributed by atoms with van der Waals surface area (Å²) in [5.74, 6) is 0.